The number of nitrogens with zero attached hydrogens (tertiary/aromatic N) is 3. The van der Waals surface area contributed by atoms with E-state index < -0.39 is 23.7 Å². The highest BCUT2D eigenvalue weighted by Gasteiger charge is 2.21. The Balaban J connectivity index is 1.59. The lowest BCUT2D eigenvalue weighted by atomic mass is 10.2. The Morgan fingerprint density at radius 1 is 1.12 bits per heavy atom. The summed E-state index contributed by atoms with van der Waals surface area (Å²) in [6.07, 6.45) is -0.659. The zero-order valence-electron chi connectivity index (χ0n) is 18.9. The summed E-state index contributed by atoms with van der Waals surface area (Å²) in [5.41, 5.74) is 0.939. The second kappa shape index (κ2) is 11.6. The summed E-state index contributed by atoms with van der Waals surface area (Å²) in [5.74, 6) is -1.77. The number of ether oxygens (including phenoxy) is 2. The van der Waals surface area contributed by atoms with E-state index in [1.807, 2.05) is 6.92 Å². The molecule has 180 valence electrons. The van der Waals surface area contributed by atoms with Gasteiger partial charge in [0.05, 0.1) is 17.9 Å². The highest BCUT2D eigenvalue weighted by Crippen LogP contribution is 2.26. The molecule has 1 atom stereocenters. The van der Waals surface area contributed by atoms with Gasteiger partial charge in [0.1, 0.15) is 5.82 Å². The van der Waals surface area contributed by atoms with E-state index in [2.05, 4.69) is 15.5 Å². The number of benzene rings is 2. The predicted molar refractivity (Wildman–Crippen MR) is 123 cm³/mol. The van der Waals surface area contributed by atoms with Crippen LogP contribution in [0.5, 0.6) is 5.75 Å². The lowest BCUT2D eigenvalue weighted by Crippen LogP contribution is -2.15. The van der Waals surface area contributed by atoms with Crippen molar-refractivity contribution in [2.75, 3.05) is 17.7 Å². The smallest absolute Gasteiger partial charge is 0.338 e. The third kappa shape index (κ3) is 6.31. The summed E-state index contributed by atoms with van der Waals surface area (Å²) in [4.78, 5) is 24.1. The number of carbonyl (C=O) groups excluding carboxylic acids is 2. The van der Waals surface area contributed by atoms with Crippen LogP contribution < -0.4 is 10.1 Å². The van der Waals surface area contributed by atoms with Gasteiger partial charge >= 0.3 is 5.97 Å². The fourth-order valence-electron chi connectivity index (χ4n) is 3.05. The van der Waals surface area contributed by atoms with Crippen LogP contribution in [0, 0.1) is 11.6 Å². The molecule has 1 aromatic heterocycles. The van der Waals surface area contributed by atoms with E-state index in [0.29, 0.717) is 28.8 Å². The van der Waals surface area contributed by atoms with Crippen molar-refractivity contribution in [2.24, 2.45) is 0 Å². The molecule has 1 heterocycles. The number of esters is 1. The molecule has 11 heteroatoms. The van der Waals surface area contributed by atoms with E-state index in [4.69, 9.17) is 9.47 Å². The molecule has 0 saturated carbocycles. The number of hydrogen-bond donors (Lipinski definition) is 1. The van der Waals surface area contributed by atoms with Gasteiger partial charge in [0.15, 0.2) is 28.7 Å². The van der Waals surface area contributed by atoms with Gasteiger partial charge in [0, 0.05) is 18.3 Å². The van der Waals surface area contributed by atoms with Crippen LogP contribution in [0.3, 0.4) is 0 Å². The van der Waals surface area contributed by atoms with Gasteiger partial charge in [-0.2, -0.15) is 0 Å². The topological polar surface area (TPSA) is 95.3 Å². The molecule has 0 aliphatic rings. The quantitative estimate of drug-likeness (QED) is 0.327. The number of rotatable bonds is 10. The number of hydrogen-bond acceptors (Lipinski definition) is 7. The average molecular weight is 491 g/mol. The van der Waals surface area contributed by atoms with Crippen molar-refractivity contribution in [1.82, 2.24) is 14.8 Å². The van der Waals surface area contributed by atoms with E-state index in [1.165, 1.54) is 17.8 Å². The maximum absolute atomic E-state index is 13.9. The molecular formula is C23H24F2N4O4S. The molecule has 34 heavy (non-hydrogen) atoms. The zero-order valence-corrected chi connectivity index (χ0v) is 19.7. The summed E-state index contributed by atoms with van der Waals surface area (Å²) in [6, 6.07) is 9.46. The summed E-state index contributed by atoms with van der Waals surface area (Å²) in [6.45, 7) is 6.08. The van der Waals surface area contributed by atoms with Crippen molar-refractivity contribution in [2.45, 2.75) is 38.6 Å². The first-order valence-corrected chi connectivity index (χ1v) is 11.6. The largest absolute Gasteiger partial charge is 0.480 e. The van der Waals surface area contributed by atoms with E-state index in [-0.39, 0.29) is 24.0 Å². The molecule has 0 spiro atoms. The van der Waals surface area contributed by atoms with Crippen LogP contribution in [0.25, 0.3) is 0 Å². The number of anilines is 1. The van der Waals surface area contributed by atoms with E-state index in [1.54, 1.807) is 42.7 Å². The minimum absolute atomic E-state index is 0.0690. The molecule has 0 bridgehead atoms. The molecule has 0 fully saturated rings. The Morgan fingerprint density at radius 2 is 1.85 bits per heavy atom. The second-order valence-electron chi connectivity index (χ2n) is 7.05. The molecule has 0 saturated heterocycles. The van der Waals surface area contributed by atoms with Crippen molar-refractivity contribution in [3.8, 4) is 5.75 Å². The van der Waals surface area contributed by atoms with Crippen LogP contribution in [0.1, 0.15) is 43.1 Å². The molecule has 1 N–H and O–H groups in total. The van der Waals surface area contributed by atoms with Gasteiger partial charge in [0.25, 0.3) is 0 Å². The normalized spacial score (nSPS) is 11.7. The van der Waals surface area contributed by atoms with Gasteiger partial charge in [-0.3, -0.25) is 4.79 Å². The number of thioether (sulfide) groups is 1. The molecule has 3 rings (SSSR count). The van der Waals surface area contributed by atoms with Gasteiger partial charge < -0.3 is 19.4 Å². The number of aromatic nitrogens is 3. The SMILES string of the molecule is CCOC(=O)c1ccc(NC(=O)CSc2nnc(C(C)Oc3ccc(F)cc3F)n2CC)cc1. The van der Waals surface area contributed by atoms with E-state index in [0.717, 1.165) is 12.1 Å². The third-order valence-corrected chi connectivity index (χ3v) is 5.60. The van der Waals surface area contributed by atoms with Crippen molar-refractivity contribution < 1.29 is 27.8 Å². The van der Waals surface area contributed by atoms with Crippen LogP contribution in [0.2, 0.25) is 0 Å². The maximum Gasteiger partial charge on any atom is 0.338 e. The fourth-order valence-corrected chi connectivity index (χ4v) is 3.86. The van der Waals surface area contributed by atoms with Crippen LogP contribution in [0.15, 0.2) is 47.6 Å². The van der Waals surface area contributed by atoms with Crippen molar-refractivity contribution in [3.63, 3.8) is 0 Å². The van der Waals surface area contributed by atoms with Crippen LogP contribution in [-0.4, -0.2) is 39.0 Å². The number of halogens is 2. The molecule has 1 unspecified atom stereocenters. The Morgan fingerprint density at radius 3 is 2.50 bits per heavy atom. The second-order valence-corrected chi connectivity index (χ2v) is 8.00. The molecule has 0 aliphatic heterocycles. The predicted octanol–water partition coefficient (Wildman–Crippen LogP) is 4.62. The lowest BCUT2D eigenvalue weighted by Gasteiger charge is -2.16. The molecule has 3 aromatic rings. The van der Waals surface area contributed by atoms with Gasteiger partial charge in [0.2, 0.25) is 5.91 Å². The standard InChI is InChI=1S/C23H24F2N4O4S/c1-4-29-21(14(3)33-19-11-8-16(24)12-18(19)25)27-28-23(29)34-13-20(30)26-17-9-6-15(7-10-17)22(31)32-5-2/h6-12,14H,4-5,13H2,1-3H3,(H,26,30). The number of nitrogens with one attached hydrogen (secondary N) is 1. The van der Waals surface area contributed by atoms with Crippen molar-refractivity contribution >= 4 is 29.3 Å². The first kappa shape index (κ1) is 25.2. The zero-order chi connectivity index (χ0) is 24.7. The van der Waals surface area contributed by atoms with Crippen LogP contribution >= 0.6 is 11.8 Å². The lowest BCUT2D eigenvalue weighted by molar-refractivity contribution is -0.113. The number of amides is 1. The van der Waals surface area contributed by atoms with Gasteiger partial charge in [-0.15, -0.1) is 10.2 Å². The fraction of sp³-hybridized carbons (Fsp3) is 0.304. The first-order valence-electron chi connectivity index (χ1n) is 10.6. The number of carbonyl (C=O) groups is 2. The molecule has 2 aromatic carbocycles. The Hall–Kier alpha value is -3.47. The molecule has 0 radical (unpaired) electrons. The maximum atomic E-state index is 13.9. The molecule has 0 aliphatic carbocycles. The third-order valence-electron chi connectivity index (χ3n) is 4.64. The van der Waals surface area contributed by atoms with E-state index >= 15 is 0 Å². The summed E-state index contributed by atoms with van der Waals surface area (Å²) >= 11 is 1.19. The molecule has 8 nitrogen and oxygen atoms in total. The summed E-state index contributed by atoms with van der Waals surface area (Å²) < 4.78 is 39.3. The van der Waals surface area contributed by atoms with Crippen molar-refractivity contribution in [1.29, 1.82) is 0 Å². The highest BCUT2D eigenvalue weighted by molar-refractivity contribution is 7.99. The van der Waals surface area contributed by atoms with Gasteiger partial charge in [-0.05, 0) is 57.2 Å². The minimum atomic E-state index is -0.809. The van der Waals surface area contributed by atoms with Crippen LogP contribution in [0.4, 0.5) is 14.5 Å². The first-order chi connectivity index (χ1) is 16.3. The van der Waals surface area contributed by atoms with Crippen LogP contribution in [-0.2, 0) is 16.1 Å². The van der Waals surface area contributed by atoms with Gasteiger partial charge in [-0.1, -0.05) is 11.8 Å². The average Bonchev–Trinajstić information content (AvgIpc) is 3.23. The monoisotopic (exact) mass is 490 g/mol. The minimum Gasteiger partial charge on any atom is -0.480 e. The Labute approximate surface area is 199 Å². The summed E-state index contributed by atoms with van der Waals surface area (Å²) in [5, 5.41) is 11.5. The highest BCUT2D eigenvalue weighted by atomic mass is 32.2. The van der Waals surface area contributed by atoms with Gasteiger partial charge in [-0.25, -0.2) is 13.6 Å². The Kier molecular flexibility index (Phi) is 8.58. The summed E-state index contributed by atoms with van der Waals surface area (Å²) in [7, 11) is 0. The van der Waals surface area contributed by atoms with Crippen molar-refractivity contribution in [3.05, 3.63) is 65.5 Å². The molecule has 1 amide bonds. The Bertz CT molecular complexity index is 1150. The van der Waals surface area contributed by atoms with E-state index in [9.17, 15) is 18.4 Å². The molecular weight excluding hydrogens is 466 g/mol.